The molecule has 0 radical (unpaired) electrons. The Labute approximate surface area is 165 Å². The van der Waals surface area contributed by atoms with Crippen LogP contribution in [0.5, 0.6) is 0 Å². The van der Waals surface area contributed by atoms with E-state index in [1.807, 2.05) is 0 Å². The Morgan fingerprint density at radius 2 is 1.41 bits per heavy atom. The first-order valence-electron chi connectivity index (χ1n) is 9.27. The summed E-state index contributed by atoms with van der Waals surface area (Å²) in [5.74, 6) is -1.86. The Morgan fingerprint density at radius 1 is 0.724 bits per heavy atom. The van der Waals surface area contributed by atoms with Crippen molar-refractivity contribution >= 4 is 5.84 Å². The van der Waals surface area contributed by atoms with Crippen molar-refractivity contribution in [2.24, 2.45) is 4.99 Å². The Morgan fingerprint density at radius 3 is 2.10 bits per heavy atom. The maximum absolute atomic E-state index is 13.8. The fourth-order valence-electron chi connectivity index (χ4n) is 3.56. The van der Waals surface area contributed by atoms with Gasteiger partial charge in [-0.2, -0.15) is 0 Å². The molecule has 1 unspecified atom stereocenters. The molecule has 6 heteroatoms. The molecule has 3 aromatic rings. The van der Waals surface area contributed by atoms with Gasteiger partial charge in [0.1, 0.15) is 17.7 Å². The minimum absolute atomic E-state index is 0.354. The van der Waals surface area contributed by atoms with Crippen LogP contribution < -0.4 is 5.32 Å². The van der Waals surface area contributed by atoms with Gasteiger partial charge in [0.15, 0.2) is 11.6 Å². The van der Waals surface area contributed by atoms with E-state index in [4.69, 9.17) is 4.99 Å². The Balaban J connectivity index is 1.59. The van der Waals surface area contributed by atoms with Gasteiger partial charge in [0, 0.05) is 6.42 Å². The molecule has 2 atom stereocenters. The monoisotopic (exact) mass is 398 g/mol. The number of rotatable bonds is 5. The van der Waals surface area contributed by atoms with E-state index < -0.39 is 17.7 Å². The number of benzene rings is 3. The summed E-state index contributed by atoms with van der Waals surface area (Å²) in [5.41, 5.74) is 2.02. The molecule has 1 aliphatic rings. The third kappa shape index (κ3) is 4.31. The number of nitrogens with zero attached hydrogens (tertiary/aromatic N) is 1. The van der Waals surface area contributed by atoms with E-state index in [0.717, 1.165) is 6.07 Å². The molecule has 0 saturated carbocycles. The topological polar surface area (TPSA) is 24.4 Å². The zero-order valence-electron chi connectivity index (χ0n) is 15.4. The lowest BCUT2D eigenvalue weighted by Gasteiger charge is -2.20. The summed E-state index contributed by atoms with van der Waals surface area (Å²) in [4.78, 5) is 4.69. The Kier molecular flexibility index (Phi) is 5.34. The van der Waals surface area contributed by atoms with Gasteiger partial charge in [-0.25, -0.2) is 17.6 Å². The number of amidine groups is 1. The van der Waals surface area contributed by atoms with Gasteiger partial charge in [0.25, 0.3) is 0 Å². The molecular formula is C23H18F4N2. The van der Waals surface area contributed by atoms with Crippen LogP contribution in [0.2, 0.25) is 0 Å². The van der Waals surface area contributed by atoms with E-state index in [0.29, 0.717) is 35.4 Å². The highest BCUT2D eigenvalue weighted by atomic mass is 19.2. The van der Waals surface area contributed by atoms with E-state index in [-0.39, 0.29) is 17.7 Å². The first-order chi connectivity index (χ1) is 14.0. The van der Waals surface area contributed by atoms with Gasteiger partial charge in [-0.15, -0.1) is 0 Å². The molecular weight excluding hydrogens is 380 g/mol. The molecule has 4 rings (SSSR count). The molecule has 1 aliphatic heterocycles. The Hall–Kier alpha value is -3.15. The van der Waals surface area contributed by atoms with Crippen LogP contribution >= 0.6 is 0 Å². The number of aryl methyl sites for hydroxylation is 1. The predicted octanol–water partition coefficient (Wildman–Crippen LogP) is 5.66. The number of nitrogens with one attached hydrogen (secondary N) is 1. The molecule has 0 bridgehead atoms. The second kappa shape index (κ2) is 8.07. The summed E-state index contributed by atoms with van der Waals surface area (Å²) in [6, 6.07) is 15.4. The molecule has 148 valence electrons. The fraction of sp³-hybridized carbons (Fsp3) is 0.174. The van der Waals surface area contributed by atoms with E-state index >= 15 is 0 Å². The van der Waals surface area contributed by atoms with Crippen LogP contribution in [0.25, 0.3) is 0 Å². The minimum atomic E-state index is -0.890. The lowest BCUT2D eigenvalue weighted by molar-refractivity contribution is 0.507. The Bertz CT molecular complexity index is 1060. The average molecular weight is 398 g/mol. The van der Waals surface area contributed by atoms with Crippen LogP contribution in [-0.2, 0) is 6.42 Å². The summed E-state index contributed by atoms with van der Waals surface area (Å²) in [5, 5.41) is 3.29. The number of hydrogen-bond donors (Lipinski definition) is 1. The van der Waals surface area contributed by atoms with E-state index in [1.165, 1.54) is 36.4 Å². The van der Waals surface area contributed by atoms with Crippen LogP contribution in [-0.4, -0.2) is 5.84 Å². The van der Waals surface area contributed by atoms with Gasteiger partial charge < -0.3 is 5.32 Å². The van der Waals surface area contributed by atoms with Gasteiger partial charge in [0.2, 0.25) is 0 Å². The van der Waals surface area contributed by atoms with Gasteiger partial charge >= 0.3 is 0 Å². The van der Waals surface area contributed by atoms with Crippen molar-refractivity contribution in [1.82, 2.24) is 5.32 Å². The first-order valence-corrected chi connectivity index (χ1v) is 9.27. The van der Waals surface area contributed by atoms with Crippen LogP contribution in [0, 0.1) is 23.3 Å². The van der Waals surface area contributed by atoms with Crippen molar-refractivity contribution in [2.75, 3.05) is 0 Å². The van der Waals surface area contributed by atoms with Crippen molar-refractivity contribution in [3.05, 3.63) is 107 Å². The minimum Gasteiger partial charge on any atom is -0.364 e. The van der Waals surface area contributed by atoms with Gasteiger partial charge in [-0.05, 0) is 59.5 Å². The quantitative estimate of drug-likeness (QED) is 0.551. The van der Waals surface area contributed by atoms with Gasteiger partial charge in [0.05, 0.1) is 11.9 Å². The summed E-state index contributed by atoms with van der Waals surface area (Å²) < 4.78 is 54.1. The maximum atomic E-state index is 13.8. The van der Waals surface area contributed by atoms with Crippen molar-refractivity contribution in [3.63, 3.8) is 0 Å². The fourth-order valence-corrected chi connectivity index (χ4v) is 3.56. The predicted molar refractivity (Wildman–Crippen MR) is 104 cm³/mol. The van der Waals surface area contributed by atoms with Gasteiger partial charge in [-0.3, -0.25) is 4.99 Å². The number of halogens is 4. The molecule has 0 spiro atoms. The summed E-state index contributed by atoms with van der Waals surface area (Å²) in [6.07, 6.45) is 0.914. The molecule has 2 nitrogen and oxygen atoms in total. The van der Waals surface area contributed by atoms with E-state index in [9.17, 15) is 17.6 Å². The molecule has 1 heterocycles. The summed E-state index contributed by atoms with van der Waals surface area (Å²) >= 11 is 0. The van der Waals surface area contributed by atoms with E-state index in [1.54, 1.807) is 24.3 Å². The third-order valence-corrected chi connectivity index (χ3v) is 4.97. The normalized spacial score (nSPS) is 18.4. The molecule has 1 N–H and O–H groups in total. The van der Waals surface area contributed by atoms with Crippen LogP contribution in [0.4, 0.5) is 17.6 Å². The zero-order chi connectivity index (χ0) is 20.4. The SMILES string of the molecule is Fc1cccc(C2N=C(CCc3ccc(F)c(F)c3)N[C@@H]2c2cccc(F)c2)c1. The number of hydrogen-bond acceptors (Lipinski definition) is 2. The molecule has 0 aromatic heterocycles. The lowest BCUT2D eigenvalue weighted by Crippen LogP contribution is -2.24. The van der Waals surface area contributed by atoms with Crippen molar-refractivity contribution in [2.45, 2.75) is 24.9 Å². The summed E-state index contributed by atoms with van der Waals surface area (Å²) in [6.45, 7) is 0. The summed E-state index contributed by atoms with van der Waals surface area (Å²) in [7, 11) is 0. The smallest absolute Gasteiger partial charge is 0.159 e. The second-order valence-electron chi connectivity index (χ2n) is 7.00. The zero-order valence-corrected chi connectivity index (χ0v) is 15.4. The lowest BCUT2D eigenvalue weighted by atomic mass is 9.95. The van der Waals surface area contributed by atoms with Crippen LogP contribution in [0.15, 0.2) is 71.7 Å². The highest BCUT2D eigenvalue weighted by molar-refractivity contribution is 5.85. The van der Waals surface area contributed by atoms with Crippen LogP contribution in [0.3, 0.4) is 0 Å². The molecule has 3 aromatic carbocycles. The standard InChI is InChI=1S/C23H18F4N2/c24-17-5-1-3-15(12-17)22-23(16-4-2-6-18(25)13-16)29-21(28-22)10-8-14-7-9-19(26)20(27)11-14/h1-7,9,11-13,22-23H,8,10H2,(H,28,29)/t22-,23?/m1/s1. The van der Waals surface area contributed by atoms with Gasteiger partial charge in [-0.1, -0.05) is 30.3 Å². The highest BCUT2D eigenvalue weighted by Gasteiger charge is 2.31. The van der Waals surface area contributed by atoms with Crippen molar-refractivity contribution in [3.8, 4) is 0 Å². The van der Waals surface area contributed by atoms with Crippen molar-refractivity contribution < 1.29 is 17.6 Å². The first kappa shape index (κ1) is 19.2. The van der Waals surface area contributed by atoms with Crippen molar-refractivity contribution in [1.29, 1.82) is 0 Å². The molecule has 0 saturated heterocycles. The maximum Gasteiger partial charge on any atom is 0.159 e. The molecule has 0 aliphatic carbocycles. The average Bonchev–Trinajstić information content (AvgIpc) is 3.13. The highest BCUT2D eigenvalue weighted by Crippen LogP contribution is 2.37. The van der Waals surface area contributed by atoms with E-state index in [2.05, 4.69) is 5.32 Å². The van der Waals surface area contributed by atoms with Crippen LogP contribution in [0.1, 0.15) is 35.2 Å². The third-order valence-electron chi connectivity index (χ3n) is 4.97. The molecule has 0 amide bonds. The number of aliphatic imine (C=N–C) groups is 1. The molecule has 29 heavy (non-hydrogen) atoms. The largest absolute Gasteiger partial charge is 0.364 e. The second-order valence-corrected chi connectivity index (χ2v) is 7.00. The molecule has 0 fully saturated rings.